The number of unbranched alkanes of at least 4 members (excludes halogenated alkanes) is 1. The fraction of sp³-hybridized carbons (Fsp3) is 0.375. The lowest BCUT2D eigenvalue weighted by Gasteiger charge is -2.17. The number of nitrogens with one attached hydrogen (secondary N) is 1. The van der Waals surface area contributed by atoms with Crippen molar-refractivity contribution in [3.63, 3.8) is 0 Å². The molecule has 0 bridgehead atoms. The van der Waals surface area contributed by atoms with Crippen LogP contribution in [0.4, 0.5) is 5.69 Å². The Morgan fingerprint density at radius 3 is 2.52 bits per heavy atom. The molecule has 1 rings (SSSR count). The second kappa shape index (κ2) is 8.92. The molecule has 0 aliphatic heterocycles. The van der Waals surface area contributed by atoms with Crippen LogP contribution < -0.4 is 5.32 Å². The van der Waals surface area contributed by atoms with Crippen molar-refractivity contribution in [3.05, 3.63) is 42.5 Å². The Balaban J connectivity index is 2.53. The Morgan fingerprint density at radius 1 is 1.29 bits per heavy atom. The minimum Gasteiger partial charge on any atom is -0.385 e. The van der Waals surface area contributed by atoms with Gasteiger partial charge in [0.05, 0.1) is 0 Å². The Kier molecular flexibility index (Phi) is 7.18. The highest BCUT2D eigenvalue weighted by atomic mass is 16.5. The first-order valence-electron chi connectivity index (χ1n) is 6.86. The van der Waals surface area contributed by atoms with E-state index in [0.29, 0.717) is 24.4 Å². The number of amides is 2. The Bertz CT molecular complexity index is 483. The molecule has 0 spiro atoms. The third-order valence-electron chi connectivity index (χ3n) is 3.02. The molecule has 0 aromatic heterocycles. The SMILES string of the molecule is C=CC(=O)Nc1ccc(C(=O)N(C)CCCCOC)cc1. The summed E-state index contributed by atoms with van der Waals surface area (Å²) in [6.45, 7) is 4.79. The Hall–Kier alpha value is -2.14. The molecule has 0 saturated carbocycles. The molecule has 0 aliphatic rings. The summed E-state index contributed by atoms with van der Waals surface area (Å²) >= 11 is 0. The van der Waals surface area contributed by atoms with Crippen molar-refractivity contribution < 1.29 is 14.3 Å². The first-order valence-corrected chi connectivity index (χ1v) is 6.86. The van der Waals surface area contributed by atoms with Gasteiger partial charge in [-0.25, -0.2) is 0 Å². The van der Waals surface area contributed by atoms with E-state index in [1.54, 1.807) is 43.3 Å². The van der Waals surface area contributed by atoms with Gasteiger partial charge in [-0.2, -0.15) is 0 Å². The molecule has 5 nitrogen and oxygen atoms in total. The van der Waals surface area contributed by atoms with Crippen LogP contribution in [-0.2, 0) is 9.53 Å². The molecule has 1 N–H and O–H groups in total. The second-order valence-corrected chi connectivity index (χ2v) is 4.70. The molecule has 21 heavy (non-hydrogen) atoms. The maximum atomic E-state index is 12.2. The van der Waals surface area contributed by atoms with Gasteiger partial charge < -0.3 is 15.0 Å². The zero-order chi connectivity index (χ0) is 15.7. The van der Waals surface area contributed by atoms with Gasteiger partial charge in [-0.1, -0.05) is 6.58 Å². The predicted octanol–water partition coefficient (Wildman–Crippen LogP) is 2.31. The van der Waals surface area contributed by atoms with Gasteiger partial charge >= 0.3 is 0 Å². The fourth-order valence-corrected chi connectivity index (χ4v) is 1.81. The molecule has 0 heterocycles. The average Bonchev–Trinajstić information content (AvgIpc) is 2.51. The van der Waals surface area contributed by atoms with E-state index in [4.69, 9.17) is 4.74 Å². The largest absolute Gasteiger partial charge is 0.385 e. The molecule has 0 atom stereocenters. The normalized spacial score (nSPS) is 10.0. The van der Waals surface area contributed by atoms with Gasteiger partial charge in [-0.05, 0) is 43.2 Å². The number of ether oxygens (including phenoxy) is 1. The monoisotopic (exact) mass is 290 g/mol. The highest BCUT2D eigenvalue weighted by Gasteiger charge is 2.11. The molecule has 0 unspecified atom stereocenters. The molecular weight excluding hydrogens is 268 g/mol. The second-order valence-electron chi connectivity index (χ2n) is 4.70. The van der Waals surface area contributed by atoms with Crippen LogP contribution >= 0.6 is 0 Å². The number of anilines is 1. The van der Waals surface area contributed by atoms with Crippen LogP contribution in [0.25, 0.3) is 0 Å². The van der Waals surface area contributed by atoms with Crippen molar-refractivity contribution in [2.24, 2.45) is 0 Å². The van der Waals surface area contributed by atoms with Crippen molar-refractivity contribution in [1.82, 2.24) is 4.90 Å². The average molecular weight is 290 g/mol. The highest BCUT2D eigenvalue weighted by molar-refractivity contribution is 5.99. The van der Waals surface area contributed by atoms with E-state index in [-0.39, 0.29) is 11.8 Å². The van der Waals surface area contributed by atoms with Crippen LogP contribution in [0.1, 0.15) is 23.2 Å². The summed E-state index contributed by atoms with van der Waals surface area (Å²) in [6, 6.07) is 6.81. The van der Waals surface area contributed by atoms with E-state index < -0.39 is 0 Å². The van der Waals surface area contributed by atoms with Crippen LogP contribution in [0, 0.1) is 0 Å². The number of rotatable bonds is 8. The molecule has 1 aromatic rings. The van der Waals surface area contributed by atoms with E-state index in [9.17, 15) is 9.59 Å². The number of nitrogens with zero attached hydrogens (tertiary/aromatic N) is 1. The maximum Gasteiger partial charge on any atom is 0.253 e. The van der Waals surface area contributed by atoms with Crippen molar-refractivity contribution in [2.75, 3.05) is 32.6 Å². The number of methoxy groups -OCH3 is 1. The summed E-state index contributed by atoms with van der Waals surface area (Å²) in [5.41, 5.74) is 1.24. The molecule has 0 aliphatic carbocycles. The van der Waals surface area contributed by atoms with Gasteiger partial charge in [-0.15, -0.1) is 0 Å². The summed E-state index contributed by atoms with van der Waals surface area (Å²) < 4.78 is 4.98. The van der Waals surface area contributed by atoms with Crippen LogP contribution in [-0.4, -0.2) is 44.0 Å². The van der Waals surface area contributed by atoms with Crippen molar-refractivity contribution in [3.8, 4) is 0 Å². The van der Waals surface area contributed by atoms with E-state index in [1.807, 2.05) is 0 Å². The number of carbonyl (C=O) groups excluding carboxylic acids is 2. The van der Waals surface area contributed by atoms with Gasteiger partial charge in [0.15, 0.2) is 0 Å². The van der Waals surface area contributed by atoms with Gasteiger partial charge in [0, 0.05) is 38.6 Å². The summed E-state index contributed by atoms with van der Waals surface area (Å²) in [5.74, 6) is -0.307. The molecule has 114 valence electrons. The number of carbonyl (C=O) groups is 2. The van der Waals surface area contributed by atoms with Crippen molar-refractivity contribution in [1.29, 1.82) is 0 Å². The first-order chi connectivity index (χ1) is 10.1. The molecule has 5 heteroatoms. The van der Waals surface area contributed by atoms with Gasteiger partial charge in [0.2, 0.25) is 5.91 Å². The van der Waals surface area contributed by atoms with Gasteiger partial charge in [-0.3, -0.25) is 9.59 Å². The lowest BCUT2D eigenvalue weighted by atomic mass is 10.1. The summed E-state index contributed by atoms with van der Waals surface area (Å²) in [5, 5.41) is 2.64. The van der Waals surface area contributed by atoms with E-state index in [2.05, 4.69) is 11.9 Å². The maximum absolute atomic E-state index is 12.2. The molecular formula is C16H22N2O3. The number of benzene rings is 1. The first kappa shape index (κ1) is 16.9. The van der Waals surface area contributed by atoms with Gasteiger partial charge in [0.1, 0.15) is 0 Å². The highest BCUT2D eigenvalue weighted by Crippen LogP contribution is 2.11. The minimum absolute atomic E-state index is 0.0333. The smallest absolute Gasteiger partial charge is 0.253 e. The molecule has 0 radical (unpaired) electrons. The van der Waals surface area contributed by atoms with Crippen molar-refractivity contribution >= 4 is 17.5 Å². The van der Waals surface area contributed by atoms with E-state index in [0.717, 1.165) is 12.8 Å². The predicted molar refractivity (Wildman–Crippen MR) is 83.3 cm³/mol. The quantitative estimate of drug-likeness (QED) is 0.590. The number of hydrogen-bond donors (Lipinski definition) is 1. The molecule has 0 saturated heterocycles. The van der Waals surface area contributed by atoms with Crippen LogP contribution in [0.15, 0.2) is 36.9 Å². The van der Waals surface area contributed by atoms with Crippen LogP contribution in [0.5, 0.6) is 0 Å². The summed E-state index contributed by atoms with van der Waals surface area (Å²) in [7, 11) is 3.45. The van der Waals surface area contributed by atoms with E-state index >= 15 is 0 Å². The Labute approximate surface area is 125 Å². The van der Waals surface area contributed by atoms with E-state index in [1.165, 1.54) is 6.08 Å². The standard InChI is InChI=1S/C16H22N2O3/c1-4-15(19)17-14-9-7-13(8-10-14)16(20)18(2)11-5-6-12-21-3/h4,7-10H,1,5-6,11-12H2,2-3H3,(H,17,19). The summed E-state index contributed by atoms with van der Waals surface area (Å²) in [6.07, 6.45) is 3.04. The third-order valence-corrected chi connectivity index (χ3v) is 3.02. The van der Waals surface area contributed by atoms with Crippen LogP contribution in [0.2, 0.25) is 0 Å². The van der Waals surface area contributed by atoms with Crippen LogP contribution in [0.3, 0.4) is 0 Å². The third kappa shape index (κ3) is 5.79. The summed E-state index contributed by atoms with van der Waals surface area (Å²) in [4.78, 5) is 25.0. The fourth-order valence-electron chi connectivity index (χ4n) is 1.81. The molecule has 1 aromatic carbocycles. The number of hydrogen-bond acceptors (Lipinski definition) is 3. The lowest BCUT2D eigenvalue weighted by molar-refractivity contribution is -0.111. The Morgan fingerprint density at radius 2 is 1.95 bits per heavy atom. The minimum atomic E-state index is -0.274. The zero-order valence-electron chi connectivity index (χ0n) is 12.6. The lowest BCUT2D eigenvalue weighted by Crippen LogP contribution is -2.27. The zero-order valence-corrected chi connectivity index (χ0v) is 12.6. The molecule has 2 amide bonds. The topological polar surface area (TPSA) is 58.6 Å². The van der Waals surface area contributed by atoms with Crippen molar-refractivity contribution in [2.45, 2.75) is 12.8 Å². The van der Waals surface area contributed by atoms with Gasteiger partial charge in [0.25, 0.3) is 5.91 Å². The molecule has 0 fully saturated rings.